The van der Waals surface area contributed by atoms with Crippen LogP contribution < -0.4 is 0 Å². The van der Waals surface area contributed by atoms with Gasteiger partial charge in [0.2, 0.25) is 0 Å². The Morgan fingerprint density at radius 3 is 2.72 bits per heavy atom. The minimum Gasteiger partial charge on any atom is -0.508 e. The molecule has 0 bridgehead atoms. The van der Waals surface area contributed by atoms with E-state index in [1.54, 1.807) is 13.0 Å². The highest BCUT2D eigenvalue weighted by Crippen LogP contribution is 2.29. The van der Waals surface area contributed by atoms with Crippen molar-refractivity contribution in [2.24, 2.45) is 5.16 Å². The van der Waals surface area contributed by atoms with Gasteiger partial charge in [-0.05, 0) is 31.4 Å². The number of aromatic hydroxyl groups is 2. The Morgan fingerprint density at radius 1 is 1.40 bits per heavy atom. The van der Waals surface area contributed by atoms with Crippen molar-refractivity contribution < 1.29 is 24.6 Å². The molecule has 0 spiro atoms. The van der Waals surface area contributed by atoms with Crippen molar-refractivity contribution >= 4 is 11.7 Å². The monoisotopic (exact) mass is 349 g/mol. The number of carbonyl (C=O) groups is 1. The third kappa shape index (κ3) is 6.49. The fourth-order valence-electron chi connectivity index (χ4n) is 2.46. The average Bonchev–Trinajstić information content (AvgIpc) is 2.52. The summed E-state index contributed by atoms with van der Waals surface area (Å²) in [5.74, 6) is -1.09. The highest BCUT2D eigenvalue weighted by atomic mass is 16.6. The number of rotatable bonds is 10. The Labute approximate surface area is 148 Å². The molecule has 1 aromatic rings. The van der Waals surface area contributed by atoms with E-state index >= 15 is 0 Å². The minimum atomic E-state index is -0.644. The second-order valence-corrected chi connectivity index (χ2v) is 5.86. The van der Waals surface area contributed by atoms with E-state index in [1.165, 1.54) is 13.2 Å². The molecule has 25 heavy (non-hydrogen) atoms. The van der Waals surface area contributed by atoms with E-state index in [-0.39, 0.29) is 29.6 Å². The van der Waals surface area contributed by atoms with Crippen LogP contribution in [-0.2, 0) is 16.0 Å². The number of oxime groups is 1. The first-order valence-corrected chi connectivity index (χ1v) is 8.38. The van der Waals surface area contributed by atoms with Gasteiger partial charge >= 0.3 is 5.97 Å². The topological polar surface area (TPSA) is 88.4 Å². The van der Waals surface area contributed by atoms with Gasteiger partial charge in [0.15, 0.2) is 0 Å². The van der Waals surface area contributed by atoms with Gasteiger partial charge in [0, 0.05) is 18.9 Å². The molecule has 0 aromatic heterocycles. The Balaban J connectivity index is 3.14. The highest BCUT2D eigenvalue weighted by molar-refractivity contribution is 5.97. The smallest absolute Gasteiger partial charge is 0.342 e. The lowest BCUT2D eigenvalue weighted by Crippen LogP contribution is -2.17. The third-order valence-corrected chi connectivity index (χ3v) is 3.63. The molecule has 1 aromatic carbocycles. The molecule has 6 nitrogen and oxygen atoms in total. The predicted octanol–water partition coefficient (Wildman–Crippen LogP) is 3.95. The van der Waals surface area contributed by atoms with Gasteiger partial charge in [-0.3, -0.25) is 0 Å². The lowest BCUT2D eigenvalue weighted by molar-refractivity contribution is 0.0344. The number of ether oxygens (including phenoxy) is 1. The summed E-state index contributed by atoms with van der Waals surface area (Å²) in [7, 11) is 1.46. The summed E-state index contributed by atoms with van der Waals surface area (Å²) < 4.78 is 5.34. The minimum absolute atomic E-state index is 0.0361. The first kappa shape index (κ1) is 20.5. The number of hydrogen-bond acceptors (Lipinski definition) is 6. The second-order valence-electron chi connectivity index (χ2n) is 5.86. The zero-order chi connectivity index (χ0) is 18.8. The first-order valence-electron chi connectivity index (χ1n) is 8.38. The number of unbranched alkanes of at least 4 members (excludes halogenated alkanes) is 1. The number of benzene rings is 1. The maximum atomic E-state index is 12.5. The van der Waals surface area contributed by atoms with Crippen molar-refractivity contribution in [3.63, 3.8) is 0 Å². The van der Waals surface area contributed by atoms with Crippen molar-refractivity contribution in [1.82, 2.24) is 0 Å². The lowest BCUT2D eigenvalue weighted by atomic mass is 9.98. The predicted molar refractivity (Wildman–Crippen MR) is 97.1 cm³/mol. The van der Waals surface area contributed by atoms with Gasteiger partial charge in [0.25, 0.3) is 0 Å². The average molecular weight is 349 g/mol. The molecule has 0 amide bonds. The van der Waals surface area contributed by atoms with Gasteiger partial charge < -0.3 is 19.8 Å². The molecule has 0 fully saturated rings. The summed E-state index contributed by atoms with van der Waals surface area (Å²) >= 11 is 0. The molecule has 0 saturated carbocycles. The Kier molecular flexibility index (Phi) is 8.53. The van der Waals surface area contributed by atoms with Crippen molar-refractivity contribution in [2.75, 3.05) is 7.11 Å². The maximum absolute atomic E-state index is 12.5. The number of carbonyl (C=O) groups excluding carboxylic acids is 1. The molecular formula is C19H27NO5. The number of esters is 1. The summed E-state index contributed by atoms with van der Waals surface area (Å²) in [5.41, 5.74) is 1.21. The SMILES string of the molecule is C=CCC(C)OC(=O)c1c(O)cc(O)cc1C/C(CCCC)=N/OC. The van der Waals surface area contributed by atoms with Crippen LogP contribution in [-0.4, -0.2) is 35.1 Å². The van der Waals surface area contributed by atoms with Crippen LogP contribution in [0.2, 0.25) is 0 Å². The van der Waals surface area contributed by atoms with E-state index in [1.807, 2.05) is 0 Å². The maximum Gasteiger partial charge on any atom is 0.342 e. The number of phenolic OH excluding ortho intramolecular Hbond substituents is 2. The fraction of sp³-hybridized carbons (Fsp3) is 0.474. The highest BCUT2D eigenvalue weighted by Gasteiger charge is 2.22. The summed E-state index contributed by atoms with van der Waals surface area (Å²) in [4.78, 5) is 17.3. The van der Waals surface area contributed by atoms with E-state index in [0.29, 0.717) is 18.4 Å². The lowest BCUT2D eigenvalue weighted by Gasteiger charge is -2.16. The molecule has 6 heteroatoms. The summed E-state index contributed by atoms with van der Waals surface area (Å²) in [6.45, 7) is 7.42. The van der Waals surface area contributed by atoms with Crippen molar-refractivity contribution in [3.8, 4) is 11.5 Å². The molecule has 138 valence electrons. The Morgan fingerprint density at radius 2 is 2.12 bits per heavy atom. The van der Waals surface area contributed by atoms with Crippen LogP contribution in [0.1, 0.15) is 55.5 Å². The molecule has 1 unspecified atom stereocenters. The molecule has 1 atom stereocenters. The van der Waals surface area contributed by atoms with Crippen molar-refractivity contribution in [3.05, 3.63) is 35.9 Å². The van der Waals surface area contributed by atoms with Gasteiger partial charge in [-0.1, -0.05) is 24.6 Å². The van der Waals surface area contributed by atoms with Gasteiger partial charge in [0.05, 0.1) is 5.71 Å². The van der Waals surface area contributed by atoms with Gasteiger partial charge in [-0.2, -0.15) is 0 Å². The molecule has 2 N–H and O–H groups in total. The molecular weight excluding hydrogens is 322 g/mol. The van der Waals surface area contributed by atoms with Crippen LogP contribution in [0.25, 0.3) is 0 Å². The summed E-state index contributed by atoms with van der Waals surface area (Å²) in [5, 5.41) is 23.9. The van der Waals surface area contributed by atoms with E-state index in [9.17, 15) is 15.0 Å². The largest absolute Gasteiger partial charge is 0.508 e. The molecule has 0 aliphatic heterocycles. The molecule has 0 aliphatic carbocycles. The Bertz CT molecular complexity index is 624. The van der Waals surface area contributed by atoms with Crippen LogP contribution in [0.3, 0.4) is 0 Å². The quantitative estimate of drug-likeness (QED) is 0.289. The van der Waals surface area contributed by atoms with E-state index < -0.39 is 5.97 Å². The summed E-state index contributed by atoms with van der Waals surface area (Å²) in [6, 6.07) is 2.56. The van der Waals surface area contributed by atoms with Crippen molar-refractivity contribution in [2.45, 2.75) is 52.1 Å². The number of phenols is 2. The van der Waals surface area contributed by atoms with Crippen LogP contribution in [0.5, 0.6) is 11.5 Å². The molecule has 0 radical (unpaired) electrons. The van der Waals surface area contributed by atoms with Gasteiger partial charge in [0.1, 0.15) is 30.3 Å². The normalized spacial score (nSPS) is 12.5. The zero-order valence-electron chi connectivity index (χ0n) is 15.1. The standard InChI is InChI=1S/C19H27NO5/c1-5-7-9-15(20-24-4)10-14-11-16(21)12-17(22)18(14)19(23)25-13(3)8-6-2/h6,11-13,21-22H,2,5,7-10H2,1,3-4H3/b20-15+. The zero-order valence-corrected chi connectivity index (χ0v) is 15.1. The Hall–Kier alpha value is -2.50. The molecule has 1 rings (SSSR count). The second kappa shape index (κ2) is 10.4. The number of hydrogen-bond donors (Lipinski definition) is 2. The van der Waals surface area contributed by atoms with Crippen LogP contribution in [0.4, 0.5) is 0 Å². The van der Waals surface area contributed by atoms with E-state index in [0.717, 1.165) is 24.6 Å². The van der Waals surface area contributed by atoms with Crippen LogP contribution >= 0.6 is 0 Å². The number of nitrogens with zero attached hydrogens (tertiary/aromatic N) is 1. The third-order valence-electron chi connectivity index (χ3n) is 3.63. The molecule has 0 aliphatic rings. The van der Waals surface area contributed by atoms with Gasteiger partial charge in [-0.25, -0.2) is 4.79 Å². The van der Waals surface area contributed by atoms with Crippen molar-refractivity contribution in [1.29, 1.82) is 0 Å². The molecule has 0 saturated heterocycles. The van der Waals surface area contributed by atoms with E-state index in [2.05, 4.69) is 18.7 Å². The van der Waals surface area contributed by atoms with Crippen LogP contribution in [0, 0.1) is 0 Å². The summed E-state index contributed by atoms with van der Waals surface area (Å²) in [6.07, 6.45) is 4.68. The van der Waals surface area contributed by atoms with Gasteiger partial charge in [-0.15, -0.1) is 6.58 Å². The first-order chi connectivity index (χ1) is 11.9. The van der Waals surface area contributed by atoms with E-state index in [4.69, 9.17) is 9.57 Å². The fourth-order valence-corrected chi connectivity index (χ4v) is 2.46. The molecule has 0 heterocycles. The van der Waals surface area contributed by atoms with Crippen LogP contribution in [0.15, 0.2) is 29.9 Å².